The predicted octanol–water partition coefficient (Wildman–Crippen LogP) is 0.0809. The standard InChI is InChI=1S/C19H22N4O4/c1-3-9(2)23-16(25)14-12(8-13(20)24)22-19(15(14)17(23)26)10-6-4-5-7-11(10)21-18(19)27/h4-7,9,12,14-15,22H,3,8H2,1-2H3,(H2,20,24)(H,21,27)/t9-,12-,14-,15+,19+/m1/s1. The van der Waals surface area contributed by atoms with Gasteiger partial charge in [-0.2, -0.15) is 0 Å². The van der Waals surface area contributed by atoms with E-state index in [2.05, 4.69) is 10.6 Å². The molecule has 4 N–H and O–H groups in total. The highest BCUT2D eigenvalue weighted by Crippen LogP contribution is 2.53. The van der Waals surface area contributed by atoms with Crippen molar-refractivity contribution in [3.63, 3.8) is 0 Å². The zero-order chi connectivity index (χ0) is 19.5. The molecule has 1 aromatic carbocycles. The number of nitrogens with one attached hydrogen (secondary N) is 2. The molecule has 0 radical (unpaired) electrons. The van der Waals surface area contributed by atoms with Crippen molar-refractivity contribution in [3.8, 4) is 0 Å². The Balaban J connectivity index is 1.88. The minimum absolute atomic E-state index is 0.119. The van der Waals surface area contributed by atoms with Crippen molar-refractivity contribution in [2.24, 2.45) is 17.6 Å². The number of rotatable bonds is 4. The van der Waals surface area contributed by atoms with E-state index in [9.17, 15) is 19.2 Å². The summed E-state index contributed by atoms with van der Waals surface area (Å²) in [5, 5.41) is 5.97. The minimum Gasteiger partial charge on any atom is -0.370 e. The summed E-state index contributed by atoms with van der Waals surface area (Å²) < 4.78 is 0. The van der Waals surface area contributed by atoms with E-state index in [1.165, 1.54) is 4.90 Å². The van der Waals surface area contributed by atoms with Gasteiger partial charge in [-0.25, -0.2) is 0 Å². The molecule has 0 saturated carbocycles. The van der Waals surface area contributed by atoms with Crippen LogP contribution in [0.3, 0.4) is 0 Å². The topological polar surface area (TPSA) is 122 Å². The zero-order valence-corrected chi connectivity index (χ0v) is 15.2. The third-order valence-electron chi connectivity index (χ3n) is 6.11. The number of benzene rings is 1. The Morgan fingerprint density at radius 3 is 2.63 bits per heavy atom. The Hall–Kier alpha value is -2.74. The second kappa shape index (κ2) is 5.88. The maximum atomic E-state index is 13.3. The molecule has 4 amide bonds. The molecule has 0 unspecified atom stereocenters. The molecule has 4 rings (SSSR count). The molecule has 5 atom stereocenters. The molecule has 0 aromatic heterocycles. The lowest BCUT2D eigenvalue weighted by atomic mass is 9.76. The number of nitrogens with two attached hydrogens (primary N) is 1. The van der Waals surface area contributed by atoms with Crippen molar-refractivity contribution in [2.45, 2.75) is 44.3 Å². The van der Waals surface area contributed by atoms with E-state index in [4.69, 9.17) is 5.73 Å². The van der Waals surface area contributed by atoms with E-state index < -0.39 is 29.3 Å². The van der Waals surface area contributed by atoms with Crippen LogP contribution >= 0.6 is 0 Å². The van der Waals surface area contributed by atoms with Gasteiger partial charge in [0.2, 0.25) is 23.6 Å². The molecule has 3 aliphatic heterocycles. The van der Waals surface area contributed by atoms with Crippen LogP contribution in [0, 0.1) is 11.8 Å². The van der Waals surface area contributed by atoms with E-state index in [1.54, 1.807) is 24.3 Å². The lowest BCUT2D eigenvalue weighted by molar-refractivity contribution is -0.145. The van der Waals surface area contributed by atoms with E-state index >= 15 is 0 Å². The molecule has 8 nitrogen and oxygen atoms in total. The van der Waals surface area contributed by atoms with Crippen LogP contribution in [-0.4, -0.2) is 40.6 Å². The van der Waals surface area contributed by atoms with Crippen LogP contribution in [0.4, 0.5) is 5.69 Å². The van der Waals surface area contributed by atoms with Crippen molar-refractivity contribution in [1.82, 2.24) is 10.2 Å². The highest BCUT2D eigenvalue weighted by Gasteiger charge is 2.70. The van der Waals surface area contributed by atoms with Crippen LogP contribution in [0.25, 0.3) is 0 Å². The number of anilines is 1. The second-order valence-corrected chi connectivity index (χ2v) is 7.54. The number of hydrogen-bond acceptors (Lipinski definition) is 5. The van der Waals surface area contributed by atoms with Gasteiger partial charge >= 0.3 is 0 Å². The molecular weight excluding hydrogens is 348 g/mol. The SMILES string of the molecule is CC[C@@H](C)N1C(=O)[C@H]2[C@@H](C1=O)[C@]1(N[C@@H]2CC(N)=O)C(=O)Nc2ccccc21. The van der Waals surface area contributed by atoms with Crippen molar-refractivity contribution in [1.29, 1.82) is 0 Å². The number of hydrogen-bond donors (Lipinski definition) is 3. The number of para-hydroxylation sites is 1. The van der Waals surface area contributed by atoms with E-state index in [1.807, 2.05) is 13.8 Å². The first kappa shape index (κ1) is 17.7. The van der Waals surface area contributed by atoms with Crippen LogP contribution in [0.2, 0.25) is 0 Å². The van der Waals surface area contributed by atoms with Gasteiger partial charge < -0.3 is 11.1 Å². The van der Waals surface area contributed by atoms with Crippen molar-refractivity contribution < 1.29 is 19.2 Å². The Labute approximate surface area is 156 Å². The molecule has 27 heavy (non-hydrogen) atoms. The fraction of sp³-hybridized carbons (Fsp3) is 0.474. The van der Waals surface area contributed by atoms with Crippen LogP contribution in [0.5, 0.6) is 0 Å². The van der Waals surface area contributed by atoms with Gasteiger partial charge in [0.25, 0.3) is 0 Å². The summed E-state index contributed by atoms with van der Waals surface area (Å²) in [5.41, 5.74) is 5.25. The molecule has 0 aliphatic carbocycles. The predicted molar refractivity (Wildman–Crippen MR) is 96.1 cm³/mol. The van der Waals surface area contributed by atoms with Crippen LogP contribution in [0.15, 0.2) is 24.3 Å². The summed E-state index contributed by atoms with van der Waals surface area (Å²) in [5.74, 6) is -3.37. The molecule has 3 heterocycles. The molecule has 1 aromatic rings. The number of primary amides is 1. The van der Waals surface area contributed by atoms with E-state index in [-0.39, 0.29) is 30.2 Å². The van der Waals surface area contributed by atoms with Crippen molar-refractivity contribution in [3.05, 3.63) is 29.8 Å². The summed E-state index contributed by atoms with van der Waals surface area (Å²) >= 11 is 0. The number of amides is 4. The highest BCUT2D eigenvalue weighted by molar-refractivity contribution is 6.15. The summed E-state index contributed by atoms with van der Waals surface area (Å²) in [6.07, 6.45) is 0.492. The fourth-order valence-electron chi connectivity index (χ4n) is 4.79. The van der Waals surface area contributed by atoms with Gasteiger partial charge in [-0.15, -0.1) is 0 Å². The Kier molecular flexibility index (Phi) is 3.85. The summed E-state index contributed by atoms with van der Waals surface area (Å²) in [7, 11) is 0. The van der Waals surface area contributed by atoms with E-state index in [0.29, 0.717) is 17.7 Å². The fourth-order valence-corrected chi connectivity index (χ4v) is 4.79. The van der Waals surface area contributed by atoms with Crippen LogP contribution in [0.1, 0.15) is 32.3 Å². The highest BCUT2D eigenvalue weighted by atomic mass is 16.2. The average molecular weight is 370 g/mol. The van der Waals surface area contributed by atoms with Gasteiger partial charge in [0.1, 0.15) is 5.54 Å². The quantitative estimate of drug-likeness (QED) is 0.648. The van der Waals surface area contributed by atoms with Gasteiger partial charge in [-0.05, 0) is 19.4 Å². The number of fused-ring (bicyclic) bond motifs is 4. The number of carbonyl (C=O) groups excluding carboxylic acids is 4. The first-order valence-corrected chi connectivity index (χ1v) is 9.16. The van der Waals surface area contributed by atoms with Crippen LogP contribution in [-0.2, 0) is 24.7 Å². The average Bonchev–Trinajstić information content (AvgIpc) is 3.19. The smallest absolute Gasteiger partial charge is 0.250 e. The third-order valence-corrected chi connectivity index (χ3v) is 6.11. The van der Waals surface area contributed by atoms with Crippen molar-refractivity contribution >= 4 is 29.3 Å². The lowest BCUT2D eigenvalue weighted by Gasteiger charge is -2.30. The lowest BCUT2D eigenvalue weighted by Crippen LogP contribution is -2.54. The van der Waals surface area contributed by atoms with Gasteiger partial charge in [0.05, 0.1) is 11.8 Å². The number of carbonyl (C=O) groups is 4. The normalized spacial score (nSPS) is 32.6. The molecular formula is C19H22N4O4. The zero-order valence-electron chi connectivity index (χ0n) is 15.2. The summed E-state index contributed by atoms with van der Waals surface area (Å²) in [6.45, 7) is 3.70. The largest absolute Gasteiger partial charge is 0.370 e. The van der Waals surface area contributed by atoms with Gasteiger partial charge in [-0.3, -0.25) is 29.4 Å². The molecule has 142 valence electrons. The monoisotopic (exact) mass is 370 g/mol. The molecule has 0 bridgehead atoms. The summed E-state index contributed by atoms with van der Waals surface area (Å²) in [6, 6.07) is 6.16. The van der Waals surface area contributed by atoms with Crippen LogP contribution < -0.4 is 16.4 Å². The van der Waals surface area contributed by atoms with Gasteiger partial charge in [-0.1, -0.05) is 25.1 Å². The van der Waals surface area contributed by atoms with E-state index in [0.717, 1.165) is 0 Å². The number of nitrogens with zero attached hydrogens (tertiary/aromatic N) is 1. The van der Waals surface area contributed by atoms with Crippen molar-refractivity contribution in [2.75, 3.05) is 5.32 Å². The Bertz CT molecular complexity index is 869. The third kappa shape index (κ3) is 2.19. The maximum Gasteiger partial charge on any atom is 0.250 e. The first-order valence-electron chi connectivity index (χ1n) is 9.16. The number of likely N-dealkylation sites (tertiary alicyclic amines) is 1. The maximum absolute atomic E-state index is 13.3. The summed E-state index contributed by atoms with van der Waals surface area (Å²) in [4.78, 5) is 52.4. The first-order chi connectivity index (χ1) is 12.8. The molecule has 8 heteroatoms. The molecule has 1 spiro atoms. The Morgan fingerprint density at radius 1 is 1.26 bits per heavy atom. The number of imide groups is 1. The minimum atomic E-state index is -1.36. The molecule has 3 aliphatic rings. The molecule has 2 saturated heterocycles. The second-order valence-electron chi connectivity index (χ2n) is 7.54. The van der Waals surface area contributed by atoms with Gasteiger partial charge in [0, 0.05) is 29.8 Å². The Morgan fingerprint density at radius 2 is 1.96 bits per heavy atom. The molecule has 2 fully saturated rings. The van der Waals surface area contributed by atoms with Gasteiger partial charge in [0.15, 0.2) is 0 Å².